The van der Waals surface area contributed by atoms with E-state index in [1.807, 2.05) is 0 Å². The van der Waals surface area contributed by atoms with Crippen LogP contribution in [0, 0.1) is 16.1 Å². The second-order valence-corrected chi connectivity index (χ2v) is 2.68. The van der Waals surface area contributed by atoms with Crippen molar-refractivity contribution in [3.8, 4) is 5.75 Å². The molecule has 0 bridgehead atoms. The van der Waals surface area contributed by atoms with E-state index in [9.17, 15) is 32.1 Å². The molecule has 0 atom stereocenters. The Morgan fingerprint density at radius 2 is 2.06 bits per heavy atom. The van der Waals surface area contributed by atoms with Crippen molar-refractivity contribution in [3.05, 3.63) is 27.8 Å². The van der Waals surface area contributed by atoms with Gasteiger partial charge in [-0.2, -0.15) is 4.39 Å². The van der Waals surface area contributed by atoms with Crippen molar-refractivity contribution in [2.45, 2.75) is 13.0 Å². The fourth-order valence-corrected chi connectivity index (χ4v) is 1.00. The van der Waals surface area contributed by atoms with Gasteiger partial charge in [-0.3, -0.25) is 10.1 Å². The number of aromatic nitrogens is 1. The Morgan fingerprint density at radius 1 is 1.47 bits per heavy atom. The van der Waals surface area contributed by atoms with E-state index in [1.54, 1.807) is 0 Å². The zero-order chi connectivity index (χ0) is 13.2. The molecule has 0 aromatic carbocycles. The topological polar surface area (TPSA) is 65.3 Å². The van der Waals surface area contributed by atoms with Gasteiger partial charge < -0.3 is 4.74 Å². The molecule has 1 heterocycles. The van der Waals surface area contributed by atoms with Gasteiger partial charge in [0.1, 0.15) is 18.4 Å². The number of rotatable bonds is 3. The van der Waals surface area contributed by atoms with Crippen molar-refractivity contribution in [1.82, 2.24) is 4.98 Å². The molecule has 0 saturated carbocycles. The molecule has 1 rings (SSSR count). The van der Waals surface area contributed by atoms with Gasteiger partial charge >= 0.3 is 6.36 Å². The van der Waals surface area contributed by atoms with Gasteiger partial charge in [-0.1, -0.05) is 0 Å². The molecule has 0 radical (unpaired) electrons. The summed E-state index contributed by atoms with van der Waals surface area (Å²) in [4.78, 5) is 11.9. The highest BCUT2D eigenvalue weighted by Crippen LogP contribution is 2.34. The fourth-order valence-electron chi connectivity index (χ4n) is 1.00. The fraction of sp³-hybridized carbons (Fsp3) is 0.286. The summed E-state index contributed by atoms with van der Waals surface area (Å²) in [7, 11) is 0. The van der Waals surface area contributed by atoms with Crippen LogP contribution in [0.15, 0.2) is 6.20 Å². The molecular formula is C7H3F5N2O3. The molecule has 0 spiro atoms. The lowest BCUT2D eigenvalue weighted by Gasteiger charge is -2.11. The van der Waals surface area contributed by atoms with Gasteiger partial charge in [0, 0.05) is 0 Å². The van der Waals surface area contributed by atoms with Crippen LogP contribution in [0.5, 0.6) is 5.75 Å². The van der Waals surface area contributed by atoms with E-state index in [-0.39, 0.29) is 0 Å². The van der Waals surface area contributed by atoms with E-state index < -0.39 is 40.9 Å². The van der Waals surface area contributed by atoms with Gasteiger partial charge in [0.2, 0.25) is 0 Å². The molecule has 0 N–H and O–H groups in total. The molecule has 0 aliphatic rings. The van der Waals surface area contributed by atoms with Crippen LogP contribution in [-0.2, 0) is 6.67 Å². The number of hydrogen-bond donors (Lipinski definition) is 0. The predicted molar refractivity (Wildman–Crippen MR) is 42.3 cm³/mol. The van der Waals surface area contributed by atoms with Gasteiger partial charge in [0.25, 0.3) is 11.6 Å². The smallest absolute Gasteiger partial charge is 0.400 e. The Balaban J connectivity index is 3.35. The van der Waals surface area contributed by atoms with Crippen LogP contribution in [0.2, 0.25) is 0 Å². The normalized spacial score (nSPS) is 11.4. The molecular weight excluding hydrogens is 255 g/mol. The van der Waals surface area contributed by atoms with Gasteiger partial charge in [0.05, 0.1) is 4.92 Å². The largest absolute Gasteiger partial charge is 0.573 e. The lowest BCUT2D eigenvalue weighted by Crippen LogP contribution is -2.19. The Labute approximate surface area is 90.0 Å². The zero-order valence-corrected chi connectivity index (χ0v) is 7.79. The first-order valence-corrected chi connectivity index (χ1v) is 3.89. The molecule has 0 amide bonds. The summed E-state index contributed by atoms with van der Waals surface area (Å²) in [6, 6.07) is 0. The molecule has 0 aliphatic heterocycles. The molecule has 0 aliphatic carbocycles. The Morgan fingerprint density at radius 3 is 2.47 bits per heavy atom. The predicted octanol–water partition coefficient (Wildman–Crippen LogP) is 2.50. The zero-order valence-electron chi connectivity index (χ0n) is 7.79. The third kappa shape index (κ3) is 2.98. The lowest BCUT2D eigenvalue weighted by molar-refractivity contribution is -0.386. The van der Waals surface area contributed by atoms with Crippen LogP contribution >= 0.6 is 0 Å². The quantitative estimate of drug-likeness (QED) is 0.361. The summed E-state index contributed by atoms with van der Waals surface area (Å²) < 4.78 is 64.0. The van der Waals surface area contributed by atoms with Crippen LogP contribution < -0.4 is 4.74 Å². The first kappa shape index (κ1) is 13.1. The molecule has 0 saturated heterocycles. The molecule has 5 nitrogen and oxygen atoms in total. The molecule has 0 unspecified atom stereocenters. The second-order valence-electron chi connectivity index (χ2n) is 2.68. The number of nitro groups is 1. The maximum absolute atomic E-state index is 12.9. The maximum Gasteiger partial charge on any atom is 0.573 e. The number of halogens is 5. The summed E-state index contributed by atoms with van der Waals surface area (Å²) in [6.07, 6.45) is -4.99. The van der Waals surface area contributed by atoms with E-state index in [4.69, 9.17) is 0 Å². The SMILES string of the molecule is O=[N+]([O-])c1cnc(F)c(OC(F)(F)F)c1CF. The van der Waals surface area contributed by atoms with Gasteiger partial charge in [-0.25, -0.2) is 9.37 Å². The Bertz CT molecular complexity index is 448. The highest BCUT2D eigenvalue weighted by molar-refractivity contribution is 5.46. The Hall–Kier alpha value is -2.00. The maximum atomic E-state index is 12.9. The van der Waals surface area contributed by atoms with Crippen LogP contribution in [0.3, 0.4) is 0 Å². The van der Waals surface area contributed by atoms with Crippen molar-refractivity contribution < 1.29 is 31.6 Å². The van der Waals surface area contributed by atoms with Crippen molar-refractivity contribution in [3.63, 3.8) is 0 Å². The van der Waals surface area contributed by atoms with E-state index >= 15 is 0 Å². The van der Waals surface area contributed by atoms with Crippen LogP contribution in [0.1, 0.15) is 5.56 Å². The number of nitrogens with zero attached hydrogens (tertiary/aromatic N) is 2. The summed E-state index contributed by atoms with van der Waals surface area (Å²) in [5, 5.41) is 10.3. The number of alkyl halides is 4. The van der Waals surface area contributed by atoms with Crippen LogP contribution in [-0.4, -0.2) is 16.3 Å². The minimum Gasteiger partial charge on any atom is -0.400 e. The Kier molecular flexibility index (Phi) is 3.44. The first-order chi connectivity index (χ1) is 7.76. The van der Waals surface area contributed by atoms with Gasteiger partial charge in [-0.15, -0.1) is 13.2 Å². The standard InChI is InChI=1S/C7H3F5N2O3/c8-1-3-4(14(15)16)2-13-6(9)5(3)17-7(10,11)12/h2H,1H2. The average Bonchev–Trinajstić information content (AvgIpc) is 2.18. The van der Waals surface area contributed by atoms with Crippen LogP contribution in [0.25, 0.3) is 0 Å². The number of hydrogen-bond acceptors (Lipinski definition) is 4. The van der Waals surface area contributed by atoms with E-state index in [1.165, 1.54) is 0 Å². The van der Waals surface area contributed by atoms with Crippen molar-refractivity contribution in [2.75, 3.05) is 0 Å². The van der Waals surface area contributed by atoms with Crippen LogP contribution in [0.4, 0.5) is 27.6 Å². The molecule has 0 fully saturated rings. The summed E-state index contributed by atoms with van der Waals surface area (Å²) in [5.74, 6) is -3.41. The van der Waals surface area contributed by atoms with Gasteiger partial charge in [-0.05, 0) is 0 Å². The van der Waals surface area contributed by atoms with Crippen molar-refractivity contribution in [1.29, 1.82) is 0 Å². The van der Waals surface area contributed by atoms with E-state index in [0.717, 1.165) is 0 Å². The monoisotopic (exact) mass is 258 g/mol. The summed E-state index contributed by atoms with van der Waals surface area (Å²) in [5.41, 5.74) is -2.24. The third-order valence-corrected chi connectivity index (χ3v) is 1.62. The molecule has 17 heavy (non-hydrogen) atoms. The van der Waals surface area contributed by atoms with Crippen molar-refractivity contribution in [2.24, 2.45) is 0 Å². The lowest BCUT2D eigenvalue weighted by atomic mass is 10.2. The molecule has 1 aromatic rings. The summed E-state index contributed by atoms with van der Waals surface area (Å²) in [6.45, 7) is -1.69. The molecule has 94 valence electrons. The first-order valence-electron chi connectivity index (χ1n) is 3.89. The summed E-state index contributed by atoms with van der Waals surface area (Å²) >= 11 is 0. The van der Waals surface area contributed by atoms with Gasteiger partial charge in [0.15, 0.2) is 5.75 Å². The van der Waals surface area contributed by atoms with Crippen molar-refractivity contribution >= 4 is 5.69 Å². The molecule has 1 aromatic heterocycles. The van der Waals surface area contributed by atoms with E-state index in [2.05, 4.69) is 9.72 Å². The highest BCUT2D eigenvalue weighted by atomic mass is 19.4. The average molecular weight is 258 g/mol. The number of ether oxygens (including phenoxy) is 1. The molecule has 10 heteroatoms. The number of pyridine rings is 1. The van der Waals surface area contributed by atoms with E-state index in [0.29, 0.717) is 6.20 Å². The highest BCUT2D eigenvalue weighted by Gasteiger charge is 2.36. The second kappa shape index (κ2) is 4.47. The minimum absolute atomic E-state index is 0.313. The third-order valence-electron chi connectivity index (χ3n) is 1.62. The minimum atomic E-state index is -5.30.